The van der Waals surface area contributed by atoms with Crippen molar-refractivity contribution in [3.8, 4) is 5.75 Å². The number of amides is 1. The van der Waals surface area contributed by atoms with E-state index in [4.69, 9.17) is 5.73 Å². The molecule has 0 atom stereocenters. The summed E-state index contributed by atoms with van der Waals surface area (Å²) in [6.45, 7) is -0.401. The lowest BCUT2D eigenvalue weighted by Crippen LogP contribution is -2.33. The third kappa shape index (κ3) is 1.75. The zero-order valence-corrected chi connectivity index (χ0v) is 7.50. The molecule has 0 fully saturated rings. The fourth-order valence-corrected chi connectivity index (χ4v) is 1.35. The van der Waals surface area contributed by atoms with Crippen LogP contribution < -0.4 is 10.5 Å². The van der Waals surface area contributed by atoms with E-state index in [-0.39, 0.29) is 16.9 Å². The van der Waals surface area contributed by atoms with Crippen LogP contribution in [0.15, 0.2) is 18.2 Å². The van der Waals surface area contributed by atoms with Crippen molar-refractivity contribution in [1.82, 2.24) is 0 Å². The molecule has 1 amide bonds. The van der Waals surface area contributed by atoms with Crippen LogP contribution in [-0.2, 0) is 11.3 Å². The number of carbonyl (C=O) groups is 1. The van der Waals surface area contributed by atoms with Crippen molar-refractivity contribution >= 4 is 5.91 Å². The summed E-state index contributed by atoms with van der Waals surface area (Å²) in [6.07, 6.45) is -3.65. The molecule has 80 valence electrons. The second-order valence-electron chi connectivity index (χ2n) is 3.00. The van der Waals surface area contributed by atoms with Crippen LogP contribution >= 0.6 is 0 Å². The van der Waals surface area contributed by atoms with Gasteiger partial charge in [-0.25, -0.2) is 0 Å². The highest BCUT2D eigenvalue weighted by atomic mass is 19.3. The number of benzene rings is 1. The lowest BCUT2D eigenvalue weighted by molar-refractivity contribution is -0.368. The van der Waals surface area contributed by atoms with Crippen LogP contribution in [0.2, 0.25) is 0 Å². The number of hydrogen-bond donors (Lipinski definition) is 1. The third-order valence-corrected chi connectivity index (χ3v) is 2.01. The van der Waals surface area contributed by atoms with Gasteiger partial charge in [0.15, 0.2) is 0 Å². The van der Waals surface area contributed by atoms with Crippen molar-refractivity contribution in [2.75, 3.05) is 0 Å². The molecule has 0 radical (unpaired) electrons. The highest BCUT2D eigenvalue weighted by Gasteiger charge is 2.39. The molecule has 0 unspecified atom stereocenters. The first-order valence-electron chi connectivity index (χ1n) is 4.12. The highest BCUT2D eigenvalue weighted by Crippen LogP contribution is 2.34. The number of ether oxygens (including phenoxy) is 2. The number of rotatable bonds is 1. The highest BCUT2D eigenvalue weighted by molar-refractivity contribution is 5.95. The van der Waals surface area contributed by atoms with Crippen LogP contribution in [0.3, 0.4) is 0 Å². The van der Waals surface area contributed by atoms with Gasteiger partial charge in [-0.05, 0) is 12.1 Å². The van der Waals surface area contributed by atoms with Gasteiger partial charge in [0, 0.05) is 11.1 Å². The van der Waals surface area contributed by atoms with Gasteiger partial charge in [0.25, 0.3) is 0 Å². The first kappa shape index (κ1) is 9.85. The molecule has 1 heterocycles. The monoisotopic (exact) mass is 215 g/mol. The van der Waals surface area contributed by atoms with Gasteiger partial charge in [-0.2, -0.15) is 0 Å². The van der Waals surface area contributed by atoms with Gasteiger partial charge in [0.1, 0.15) is 5.75 Å². The van der Waals surface area contributed by atoms with Crippen molar-refractivity contribution in [1.29, 1.82) is 0 Å². The summed E-state index contributed by atoms with van der Waals surface area (Å²) < 4.78 is 33.7. The van der Waals surface area contributed by atoms with Gasteiger partial charge in [0.05, 0.1) is 6.61 Å². The van der Waals surface area contributed by atoms with Crippen LogP contribution in [0.5, 0.6) is 5.75 Å². The summed E-state index contributed by atoms with van der Waals surface area (Å²) in [4.78, 5) is 11.0. The molecule has 1 aliphatic rings. The average Bonchev–Trinajstić information content (AvgIpc) is 2.14. The molecule has 1 aliphatic heterocycles. The van der Waals surface area contributed by atoms with Crippen molar-refractivity contribution in [3.63, 3.8) is 0 Å². The van der Waals surface area contributed by atoms with Gasteiger partial charge >= 0.3 is 6.29 Å². The second-order valence-corrected chi connectivity index (χ2v) is 3.00. The normalized spacial score (nSPS) is 17.7. The SMILES string of the molecule is NC(=O)c1cccc2c1COC(F)(F)O2. The molecule has 1 aromatic rings. The third-order valence-electron chi connectivity index (χ3n) is 2.01. The Bertz CT molecular complexity index is 420. The first-order valence-corrected chi connectivity index (χ1v) is 4.12. The van der Waals surface area contributed by atoms with Crippen LogP contribution in [0.1, 0.15) is 15.9 Å². The standard InChI is InChI=1S/C9H7F2NO3/c10-9(11)14-4-6-5(8(12)13)2-1-3-7(6)15-9/h1-3H,4H2,(H2,12,13). The average molecular weight is 215 g/mol. The summed E-state index contributed by atoms with van der Waals surface area (Å²) in [5, 5.41) is 0. The van der Waals surface area contributed by atoms with Gasteiger partial charge in [0.2, 0.25) is 5.91 Å². The summed E-state index contributed by atoms with van der Waals surface area (Å²) >= 11 is 0. The Morgan fingerprint density at radius 2 is 2.20 bits per heavy atom. The molecule has 6 heteroatoms. The second kappa shape index (κ2) is 3.16. The Labute approximate surface area is 83.6 Å². The predicted octanol–water partition coefficient (Wildman–Crippen LogP) is 1.24. The lowest BCUT2D eigenvalue weighted by atomic mass is 10.1. The molecule has 1 aromatic carbocycles. The molecule has 0 saturated carbocycles. The molecule has 0 bridgehead atoms. The number of halogens is 2. The Morgan fingerprint density at radius 1 is 1.47 bits per heavy atom. The van der Waals surface area contributed by atoms with Gasteiger partial charge in [-0.3, -0.25) is 9.53 Å². The van der Waals surface area contributed by atoms with Crippen molar-refractivity contribution in [2.45, 2.75) is 12.9 Å². The maximum Gasteiger partial charge on any atom is 0.535 e. The predicted molar refractivity (Wildman–Crippen MR) is 45.3 cm³/mol. The summed E-state index contributed by atoms with van der Waals surface area (Å²) in [7, 11) is 0. The van der Waals surface area contributed by atoms with Crippen molar-refractivity contribution in [3.05, 3.63) is 29.3 Å². The van der Waals surface area contributed by atoms with Gasteiger partial charge in [-0.1, -0.05) is 6.07 Å². The van der Waals surface area contributed by atoms with Crippen LogP contribution in [-0.4, -0.2) is 12.2 Å². The number of primary amides is 1. The molecule has 0 aliphatic carbocycles. The van der Waals surface area contributed by atoms with Crippen molar-refractivity contribution in [2.24, 2.45) is 5.73 Å². The quantitative estimate of drug-likeness (QED) is 0.766. The van der Waals surface area contributed by atoms with Crippen LogP contribution in [0.4, 0.5) is 8.78 Å². The number of hydrogen-bond acceptors (Lipinski definition) is 3. The molecule has 0 saturated heterocycles. The zero-order valence-electron chi connectivity index (χ0n) is 7.50. The maximum atomic E-state index is 12.7. The molecular formula is C9H7F2NO3. The molecule has 2 rings (SSSR count). The largest absolute Gasteiger partial charge is 0.535 e. The summed E-state index contributed by atoms with van der Waals surface area (Å²) in [6, 6.07) is 4.18. The van der Waals surface area contributed by atoms with E-state index in [0.29, 0.717) is 0 Å². The lowest BCUT2D eigenvalue weighted by Gasteiger charge is -2.25. The van der Waals surface area contributed by atoms with E-state index in [1.165, 1.54) is 18.2 Å². The van der Waals surface area contributed by atoms with E-state index in [2.05, 4.69) is 9.47 Å². The van der Waals surface area contributed by atoms with Gasteiger partial charge < -0.3 is 10.5 Å². The van der Waals surface area contributed by atoms with Crippen LogP contribution in [0.25, 0.3) is 0 Å². The Hall–Kier alpha value is -1.69. The Kier molecular flexibility index (Phi) is 2.08. The molecule has 0 spiro atoms. The van der Waals surface area contributed by atoms with E-state index in [1.54, 1.807) is 0 Å². The van der Waals surface area contributed by atoms with E-state index >= 15 is 0 Å². The zero-order chi connectivity index (χ0) is 11.1. The topological polar surface area (TPSA) is 61.6 Å². The maximum absolute atomic E-state index is 12.7. The molecule has 2 N–H and O–H groups in total. The minimum atomic E-state index is -3.65. The molecule has 15 heavy (non-hydrogen) atoms. The van der Waals surface area contributed by atoms with E-state index in [0.717, 1.165) is 0 Å². The van der Waals surface area contributed by atoms with E-state index in [9.17, 15) is 13.6 Å². The molecule has 0 aromatic heterocycles. The number of nitrogens with two attached hydrogens (primary N) is 1. The molecule has 4 nitrogen and oxygen atoms in total. The smallest absolute Gasteiger partial charge is 0.409 e. The number of carbonyl (C=O) groups excluding carboxylic acids is 1. The van der Waals surface area contributed by atoms with Gasteiger partial charge in [-0.15, -0.1) is 8.78 Å². The fourth-order valence-electron chi connectivity index (χ4n) is 1.35. The Balaban J connectivity index is 2.47. The van der Waals surface area contributed by atoms with Crippen LogP contribution in [0, 0.1) is 0 Å². The molecular weight excluding hydrogens is 208 g/mol. The Morgan fingerprint density at radius 3 is 2.87 bits per heavy atom. The minimum absolute atomic E-state index is 0.0810. The van der Waals surface area contributed by atoms with Crippen molar-refractivity contribution < 1.29 is 23.0 Å². The number of alkyl halides is 2. The minimum Gasteiger partial charge on any atom is -0.409 e. The van der Waals surface area contributed by atoms with E-state index in [1.807, 2.05) is 0 Å². The fraction of sp³-hybridized carbons (Fsp3) is 0.222. The summed E-state index contributed by atoms with van der Waals surface area (Å²) in [5.41, 5.74) is 5.44. The number of fused-ring (bicyclic) bond motifs is 1. The summed E-state index contributed by atoms with van der Waals surface area (Å²) in [5.74, 6) is -0.785. The first-order chi connectivity index (χ1) is 6.99. The van der Waals surface area contributed by atoms with E-state index < -0.39 is 18.8 Å².